The summed E-state index contributed by atoms with van der Waals surface area (Å²) < 4.78 is 0.606. The molecule has 1 aliphatic rings. The summed E-state index contributed by atoms with van der Waals surface area (Å²) in [6, 6.07) is 0. The van der Waals surface area contributed by atoms with Gasteiger partial charge in [0, 0.05) is 0 Å². The van der Waals surface area contributed by atoms with Crippen LogP contribution in [0.4, 0.5) is 5.13 Å². The summed E-state index contributed by atoms with van der Waals surface area (Å²) in [6.07, 6.45) is -0.0167. The van der Waals surface area contributed by atoms with E-state index in [2.05, 4.69) is 26.1 Å². The monoisotopic (exact) mass is 261 g/mol. The predicted octanol–water partition coefficient (Wildman–Crippen LogP) is 0.606. The minimum Gasteiger partial charge on any atom is -0.297 e. The molecule has 1 aliphatic heterocycles. The van der Waals surface area contributed by atoms with Gasteiger partial charge in [-0.1, -0.05) is 11.3 Å². The molecule has 1 fully saturated rings. The lowest BCUT2D eigenvalue weighted by Gasteiger charge is -2.07. The number of nitrogens with zero attached hydrogens (tertiary/aromatic N) is 3. The van der Waals surface area contributed by atoms with Gasteiger partial charge in [-0.3, -0.25) is 14.5 Å². The summed E-state index contributed by atoms with van der Waals surface area (Å²) in [5, 5.41) is 7.93. The maximum atomic E-state index is 11.2. The summed E-state index contributed by atoms with van der Waals surface area (Å²) in [6.45, 7) is 0.125. The standard InChI is InChI=1S/C6H4BrN3O2S/c7-5-8-9-6(13-5)10-2-3(11)1-4(10)12/h1-2H2. The van der Waals surface area contributed by atoms with Crippen molar-refractivity contribution in [2.75, 3.05) is 11.4 Å². The van der Waals surface area contributed by atoms with E-state index in [9.17, 15) is 9.59 Å². The van der Waals surface area contributed by atoms with Crippen molar-refractivity contribution in [1.82, 2.24) is 10.2 Å². The van der Waals surface area contributed by atoms with Crippen LogP contribution in [-0.2, 0) is 9.59 Å². The minimum absolute atomic E-state index is 0.0167. The molecule has 0 saturated carbocycles. The molecule has 2 heterocycles. The van der Waals surface area contributed by atoms with E-state index in [1.54, 1.807) is 0 Å². The number of hydrogen-bond donors (Lipinski definition) is 0. The highest BCUT2D eigenvalue weighted by atomic mass is 79.9. The first-order chi connectivity index (χ1) is 6.16. The van der Waals surface area contributed by atoms with Gasteiger partial charge in [0.15, 0.2) is 9.70 Å². The van der Waals surface area contributed by atoms with Gasteiger partial charge >= 0.3 is 0 Å². The molecule has 1 saturated heterocycles. The number of amides is 1. The number of hydrogen-bond acceptors (Lipinski definition) is 5. The lowest BCUT2D eigenvalue weighted by atomic mass is 10.3. The zero-order valence-electron chi connectivity index (χ0n) is 6.36. The molecule has 0 spiro atoms. The van der Waals surface area contributed by atoms with Gasteiger partial charge in [0.25, 0.3) is 0 Å². The van der Waals surface area contributed by atoms with Crippen molar-refractivity contribution in [2.45, 2.75) is 6.42 Å². The van der Waals surface area contributed by atoms with E-state index in [1.165, 1.54) is 16.2 Å². The first-order valence-corrected chi connectivity index (χ1v) is 5.09. The molecule has 7 heteroatoms. The van der Waals surface area contributed by atoms with Crippen LogP contribution in [0.1, 0.15) is 6.42 Å². The summed E-state index contributed by atoms with van der Waals surface area (Å²) in [5.41, 5.74) is 0. The highest BCUT2D eigenvalue weighted by molar-refractivity contribution is 9.11. The second-order valence-electron chi connectivity index (χ2n) is 2.53. The molecule has 0 atom stereocenters. The third-order valence-corrected chi connectivity index (χ3v) is 2.98. The predicted molar refractivity (Wildman–Crippen MR) is 49.6 cm³/mol. The fourth-order valence-electron chi connectivity index (χ4n) is 1.07. The van der Waals surface area contributed by atoms with E-state index in [0.29, 0.717) is 9.05 Å². The van der Waals surface area contributed by atoms with Gasteiger partial charge in [-0.15, -0.1) is 10.2 Å². The Labute approximate surface area is 85.9 Å². The first-order valence-electron chi connectivity index (χ1n) is 3.48. The van der Waals surface area contributed by atoms with Crippen LogP contribution in [-0.4, -0.2) is 28.4 Å². The second kappa shape index (κ2) is 3.15. The van der Waals surface area contributed by atoms with Crippen molar-refractivity contribution < 1.29 is 9.59 Å². The van der Waals surface area contributed by atoms with Gasteiger partial charge in [0.05, 0.1) is 13.0 Å². The van der Waals surface area contributed by atoms with Crippen LogP contribution in [0.15, 0.2) is 3.92 Å². The molecule has 1 aromatic heterocycles. The number of Topliss-reactive ketones (excluding diaryl/α,β-unsaturated/α-hetero) is 1. The lowest BCUT2D eigenvalue weighted by Crippen LogP contribution is -2.24. The molecule has 0 N–H and O–H groups in total. The van der Waals surface area contributed by atoms with Gasteiger partial charge in [-0.2, -0.15) is 0 Å². The Bertz CT molecular complexity index is 378. The molecule has 13 heavy (non-hydrogen) atoms. The normalized spacial score (nSPS) is 17.2. The van der Waals surface area contributed by atoms with Crippen LogP contribution in [0.3, 0.4) is 0 Å². The number of anilines is 1. The van der Waals surface area contributed by atoms with Crippen LogP contribution in [0.25, 0.3) is 0 Å². The first kappa shape index (κ1) is 8.76. The van der Waals surface area contributed by atoms with Gasteiger partial charge < -0.3 is 0 Å². The van der Waals surface area contributed by atoms with Crippen LogP contribution in [0, 0.1) is 0 Å². The molecule has 0 aromatic carbocycles. The van der Waals surface area contributed by atoms with E-state index in [1.807, 2.05) is 0 Å². The molecule has 1 amide bonds. The van der Waals surface area contributed by atoms with E-state index in [-0.39, 0.29) is 24.7 Å². The van der Waals surface area contributed by atoms with Gasteiger partial charge in [-0.25, -0.2) is 0 Å². The van der Waals surface area contributed by atoms with E-state index >= 15 is 0 Å². The fraction of sp³-hybridized carbons (Fsp3) is 0.333. The maximum Gasteiger partial charge on any atom is 0.236 e. The quantitative estimate of drug-likeness (QED) is 0.695. The molecular formula is C6H4BrN3O2S. The topological polar surface area (TPSA) is 63.2 Å². The molecule has 0 aliphatic carbocycles. The van der Waals surface area contributed by atoms with Crippen molar-refractivity contribution in [3.63, 3.8) is 0 Å². The summed E-state index contributed by atoms with van der Waals surface area (Å²) in [5.74, 6) is -0.273. The van der Waals surface area contributed by atoms with Crippen LogP contribution in [0.5, 0.6) is 0 Å². The molecule has 1 aromatic rings. The van der Waals surface area contributed by atoms with Gasteiger partial charge in [-0.05, 0) is 15.9 Å². The minimum atomic E-state index is -0.200. The lowest BCUT2D eigenvalue weighted by molar-refractivity contribution is -0.121. The number of halogens is 1. The van der Waals surface area contributed by atoms with E-state index in [0.717, 1.165) is 0 Å². The zero-order valence-corrected chi connectivity index (χ0v) is 8.76. The van der Waals surface area contributed by atoms with Crippen molar-refractivity contribution in [1.29, 1.82) is 0 Å². The Morgan fingerprint density at radius 3 is 2.62 bits per heavy atom. The fourth-order valence-corrected chi connectivity index (χ4v) is 2.17. The Balaban J connectivity index is 2.27. The van der Waals surface area contributed by atoms with Gasteiger partial charge in [0.1, 0.15) is 0 Å². The van der Waals surface area contributed by atoms with Crippen molar-refractivity contribution >= 4 is 44.1 Å². The Morgan fingerprint density at radius 2 is 2.15 bits per heavy atom. The number of ketones is 1. The number of carbonyl (C=O) groups is 2. The Morgan fingerprint density at radius 1 is 1.38 bits per heavy atom. The van der Waals surface area contributed by atoms with Crippen molar-refractivity contribution in [3.05, 3.63) is 3.92 Å². The number of rotatable bonds is 1. The summed E-state index contributed by atoms with van der Waals surface area (Å²) >= 11 is 4.37. The smallest absolute Gasteiger partial charge is 0.236 e. The largest absolute Gasteiger partial charge is 0.297 e. The van der Waals surface area contributed by atoms with Crippen molar-refractivity contribution in [3.8, 4) is 0 Å². The number of carbonyl (C=O) groups excluding carboxylic acids is 2. The third-order valence-electron chi connectivity index (χ3n) is 1.60. The average molecular weight is 262 g/mol. The molecular weight excluding hydrogens is 258 g/mol. The van der Waals surface area contributed by atoms with E-state index < -0.39 is 0 Å². The van der Waals surface area contributed by atoms with E-state index in [4.69, 9.17) is 0 Å². The van der Waals surface area contributed by atoms with Crippen LogP contribution in [0.2, 0.25) is 0 Å². The second-order valence-corrected chi connectivity index (χ2v) is 4.76. The average Bonchev–Trinajstić information content (AvgIpc) is 2.58. The molecule has 68 valence electrons. The molecule has 0 radical (unpaired) electrons. The maximum absolute atomic E-state index is 11.2. The molecule has 0 bridgehead atoms. The van der Waals surface area contributed by atoms with Crippen LogP contribution < -0.4 is 4.90 Å². The molecule has 0 unspecified atom stereocenters. The molecule has 2 rings (SSSR count). The third kappa shape index (κ3) is 1.61. The SMILES string of the molecule is O=C1CC(=O)N(c2nnc(Br)s2)C1. The summed E-state index contributed by atoms with van der Waals surface area (Å²) in [7, 11) is 0. The van der Waals surface area contributed by atoms with Gasteiger partial charge in [0.2, 0.25) is 11.0 Å². The highest BCUT2D eigenvalue weighted by Gasteiger charge is 2.30. The summed E-state index contributed by atoms with van der Waals surface area (Å²) in [4.78, 5) is 23.5. The Kier molecular flexibility index (Phi) is 2.12. The van der Waals surface area contributed by atoms with Crippen molar-refractivity contribution in [2.24, 2.45) is 0 Å². The molecule has 5 nitrogen and oxygen atoms in total. The highest BCUT2D eigenvalue weighted by Crippen LogP contribution is 2.26. The Hall–Kier alpha value is -0.820. The van der Waals surface area contributed by atoms with Crippen LogP contribution >= 0.6 is 27.3 Å². The zero-order chi connectivity index (χ0) is 9.42. The number of aromatic nitrogens is 2.